The molecule has 0 heterocycles. The normalized spacial score (nSPS) is 12.0. The van der Waals surface area contributed by atoms with Crippen molar-refractivity contribution in [2.45, 2.75) is 13.0 Å². The van der Waals surface area contributed by atoms with Crippen LogP contribution < -0.4 is 0 Å². The van der Waals surface area contributed by atoms with Gasteiger partial charge in [-0.3, -0.25) is 4.79 Å². The molecule has 110 valence electrons. The Morgan fingerprint density at radius 1 is 1.19 bits per heavy atom. The van der Waals surface area contributed by atoms with Crippen molar-refractivity contribution < 1.29 is 4.79 Å². The number of nitrogens with zero attached hydrogens (tertiary/aromatic N) is 1. The molecule has 0 aliphatic rings. The molecule has 2 aromatic rings. The van der Waals surface area contributed by atoms with Crippen LogP contribution in [0, 0.1) is 0 Å². The molecule has 1 amide bonds. The van der Waals surface area contributed by atoms with E-state index in [1.54, 1.807) is 30.1 Å². The minimum Gasteiger partial charge on any atom is -0.335 e. The second kappa shape index (κ2) is 6.82. The highest BCUT2D eigenvalue weighted by atomic mass is 79.9. The summed E-state index contributed by atoms with van der Waals surface area (Å²) in [5, 5.41) is 1.18. The number of benzene rings is 2. The molecule has 0 bridgehead atoms. The van der Waals surface area contributed by atoms with Gasteiger partial charge in [0.1, 0.15) is 0 Å². The van der Waals surface area contributed by atoms with Crippen molar-refractivity contribution in [3.63, 3.8) is 0 Å². The Labute approximate surface area is 142 Å². The van der Waals surface area contributed by atoms with Gasteiger partial charge >= 0.3 is 0 Å². The van der Waals surface area contributed by atoms with Gasteiger partial charge in [0, 0.05) is 22.1 Å². The molecule has 0 radical (unpaired) electrons. The molecule has 0 spiro atoms. The monoisotopic (exact) mass is 385 g/mol. The molecule has 0 N–H and O–H groups in total. The SMILES string of the molecule is CC(c1cccc(Cl)c1)N(C)C(=O)c1ccc(Br)c(Cl)c1. The van der Waals surface area contributed by atoms with E-state index in [-0.39, 0.29) is 11.9 Å². The topological polar surface area (TPSA) is 20.3 Å². The maximum absolute atomic E-state index is 12.5. The first-order chi connectivity index (χ1) is 9.90. The van der Waals surface area contributed by atoms with Crippen molar-refractivity contribution in [2.75, 3.05) is 7.05 Å². The molecule has 0 saturated carbocycles. The molecule has 0 saturated heterocycles. The van der Waals surface area contributed by atoms with Crippen molar-refractivity contribution in [1.82, 2.24) is 4.90 Å². The number of carbonyl (C=O) groups excluding carboxylic acids is 1. The number of hydrogen-bond donors (Lipinski definition) is 0. The molecule has 1 atom stereocenters. The Morgan fingerprint density at radius 3 is 2.52 bits per heavy atom. The van der Waals surface area contributed by atoms with Crippen LogP contribution >= 0.6 is 39.1 Å². The standard InChI is InChI=1S/C16H14BrCl2NO/c1-10(11-4-3-5-13(18)8-11)20(2)16(21)12-6-7-14(17)15(19)9-12/h3-10H,1-2H3. The Bertz CT molecular complexity index is 675. The third kappa shape index (κ3) is 3.79. The van der Waals surface area contributed by atoms with Crippen LogP contribution in [0.4, 0.5) is 0 Å². The van der Waals surface area contributed by atoms with Crippen LogP contribution in [0.1, 0.15) is 28.9 Å². The molecule has 5 heteroatoms. The molecule has 2 nitrogen and oxygen atoms in total. The first kappa shape index (κ1) is 16.3. The van der Waals surface area contributed by atoms with Gasteiger partial charge in [-0.25, -0.2) is 0 Å². The summed E-state index contributed by atoms with van der Waals surface area (Å²) in [7, 11) is 1.77. The van der Waals surface area contributed by atoms with Gasteiger partial charge in [0.05, 0.1) is 11.1 Å². The van der Waals surface area contributed by atoms with Gasteiger partial charge in [-0.1, -0.05) is 35.3 Å². The van der Waals surface area contributed by atoms with Crippen molar-refractivity contribution in [3.8, 4) is 0 Å². The number of halogens is 3. The number of hydrogen-bond acceptors (Lipinski definition) is 1. The van der Waals surface area contributed by atoms with Gasteiger partial charge in [0.2, 0.25) is 0 Å². The van der Waals surface area contributed by atoms with Crippen LogP contribution in [0.3, 0.4) is 0 Å². The average Bonchev–Trinajstić information content (AvgIpc) is 2.47. The first-order valence-corrected chi connectivity index (χ1v) is 7.92. The van der Waals surface area contributed by atoms with E-state index in [4.69, 9.17) is 23.2 Å². The summed E-state index contributed by atoms with van der Waals surface area (Å²) in [5.74, 6) is -0.0862. The average molecular weight is 387 g/mol. The van der Waals surface area contributed by atoms with Gasteiger partial charge in [-0.15, -0.1) is 0 Å². The van der Waals surface area contributed by atoms with Gasteiger partial charge in [0.25, 0.3) is 5.91 Å². The molecular weight excluding hydrogens is 373 g/mol. The Balaban J connectivity index is 2.24. The second-order valence-electron chi connectivity index (χ2n) is 4.78. The molecule has 2 aromatic carbocycles. The van der Waals surface area contributed by atoms with Gasteiger partial charge in [-0.2, -0.15) is 0 Å². The molecule has 0 aromatic heterocycles. The fourth-order valence-electron chi connectivity index (χ4n) is 2.00. The maximum Gasteiger partial charge on any atom is 0.254 e. The van der Waals surface area contributed by atoms with Crippen molar-refractivity contribution in [2.24, 2.45) is 0 Å². The van der Waals surface area contributed by atoms with Crippen molar-refractivity contribution in [3.05, 3.63) is 68.1 Å². The van der Waals surface area contributed by atoms with E-state index in [0.29, 0.717) is 15.6 Å². The van der Waals surface area contributed by atoms with Crippen LogP contribution in [0.2, 0.25) is 10.0 Å². The Hall–Kier alpha value is -1.03. The molecular formula is C16H14BrCl2NO. The summed E-state index contributed by atoms with van der Waals surface area (Å²) >= 11 is 15.4. The smallest absolute Gasteiger partial charge is 0.254 e. The minimum atomic E-state index is -0.0862. The summed E-state index contributed by atoms with van der Waals surface area (Å²) in [5.41, 5.74) is 1.54. The molecule has 0 aliphatic heterocycles. The number of carbonyl (C=O) groups is 1. The maximum atomic E-state index is 12.5. The number of rotatable bonds is 3. The summed E-state index contributed by atoms with van der Waals surface area (Å²) in [6, 6.07) is 12.6. The van der Waals surface area contributed by atoms with Gasteiger partial charge in [-0.05, 0) is 58.7 Å². The lowest BCUT2D eigenvalue weighted by molar-refractivity contribution is 0.0742. The molecule has 0 fully saturated rings. The predicted molar refractivity (Wildman–Crippen MR) is 91.1 cm³/mol. The highest BCUT2D eigenvalue weighted by molar-refractivity contribution is 9.10. The highest BCUT2D eigenvalue weighted by Crippen LogP contribution is 2.26. The quantitative estimate of drug-likeness (QED) is 0.673. The lowest BCUT2D eigenvalue weighted by atomic mass is 10.1. The fraction of sp³-hybridized carbons (Fsp3) is 0.188. The van der Waals surface area contributed by atoms with E-state index in [1.807, 2.05) is 31.2 Å². The second-order valence-corrected chi connectivity index (χ2v) is 6.47. The lowest BCUT2D eigenvalue weighted by Crippen LogP contribution is -2.29. The number of amides is 1. The third-order valence-corrected chi connectivity index (χ3v) is 4.87. The van der Waals surface area contributed by atoms with Gasteiger partial charge in [0.15, 0.2) is 0 Å². The van der Waals surface area contributed by atoms with Crippen LogP contribution in [0.15, 0.2) is 46.9 Å². The zero-order chi connectivity index (χ0) is 15.6. The lowest BCUT2D eigenvalue weighted by Gasteiger charge is -2.25. The highest BCUT2D eigenvalue weighted by Gasteiger charge is 2.19. The summed E-state index contributed by atoms with van der Waals surface area (Å²) in [6.45, 7) is 1.96. The fourth-order valence-corrected chi connectivity index (χ4v) is 2.62. The van der Waals surface area contributed by atoms with Crippen LogP contribution in [0.25, 0.3) is 0 Å². The zero-order valence-corrected chi connectivity index (χ0v) is 14.7. The summed E-state index contributed by atoms with van der Waals surface area (Å²) in [6.07, 6.45) is 0. The van der Waals surface area contributed by atoms with E-state index in [9.17, 15) is 4.79 Å². The largest absolute Gasteiger partial charge is 0.335 e. The molecule has 1 unspecified atom stereocenters. The summed E-state index contributed by atoms with van der Waals surface area (Å²) < 4.78 is 0.770. The Morgan fingerprint density at radius 2 is 1.90 bits per heavy atom. The van der Waals surface area contributed by atoms with E-state index in [0.717, 1.165) is 10.0 Å². The summed E-state index contributed by atoms with van der Waals surface area (Å²) in [4.78, 5) is 14.2. The van der Waals surface area contributed by atoms with E-state index < -0.39 is 0 Å². The van der Waals surface area contributed by atoms with Crippen LogP contribution in [-0.4, -0.2) is 17.9 Å². The van der Waals surface area contributed by atoms with Crippen LogP contribution in [-0.2, 0) is 0 Å². The predicted octanol–water partition coefficient (Wildman–Crippen LogP) is 5.59. The molecule has 21 heavy (non-hydrogen) atoms. The third-order valence-electron chi connectivity index (χ3n) is 3.40. The Kier molecular flexibility index (Phi) is 5.31. The minimum absolute atomic E-state index is 0.0846. The molecule has 0 aliphatic carbocycles. The van der Waals surface area contributed by atoms with Crippen molar-refractivity contribution in [1.29, 1.82) is 0 Å². The van der Waals surface area contributed by atoms with Crippen LogP contribution in [0.5, 0.6) is 0 Å². The van der Waals surface area contributed by atoms with Gasteiger partial charge < -0.3 is 4.90 Å². The van der Waals surface area contributed by atoms with Crippen molar-refractivity contribution >= 4 is 45.0 Å². The van der Waals surface area contributed by atoms with E-state index in [1.165, 1.54) is 0 Å². The van der Waals surface area contributed by atoms with E-state index in [2.05, 4.69) is 15.9 Å². The van der Waals surface area contributed by atoms with E-state index >= 15 is 0 Å². The zero-order valence-electron chi connectivity index (χ0n) is 11.6. The first-order valence-electron chi connectivity index (χ1n) is 6.38. The molecule has 2 rings (SSSR count).